The van der Waals surface area contributed by atoms with E-state index in [0.717, 1.165) is 11.1 Å². The van der Waals surface area contributed by atoms with Gasteiger partial charge in [-0.15, -0.1) is 0 Å². The van der Waals surface area contributed by atoms with Crippen LogP contribution < -0.4 is 18.9 Å². The molecule has 34 heavy (non-hydrogen) atoms. The fourth-order valence-corrected chi connectivity index (χ4v) is 4.54. The van der Waals surface area contributed by atoms with Crippen molar-refractivity contribution < 1.29 is 22.6 Å². The number of ether oxygens (including phenoxy) is 3. The van der Waals surface area contributed by atoms with Crippen LogP contribution in [-0.4, -0.2) is 29.7 Å². The van der Waals surface area contributed by atoms with Gasteiger partial charge >= 0.3 is 0 Å². The Hall–Kier alpha value is -3.45. The van der Waals surface area contributed by atoms with Gasteiger partial charge in [0.05, 0.1) is 31.9 Å². The molecule has 1 N–H and O–H groups in total. The van der Waals surface area contributed by atoms with Crippen molar-refractivity contribution in [1.29, 1.82) is 0 Å². The number of nitrogens with one attached hydrogen (secondary N) is 1. The van der Waals surface area contributed by atoms with Crippen molar-refractivity contribution in [3.8, 4) is 17.2 Å². The Morgan fingerprint density at radius 3 is 1.91 bits per heavy atom. The van der Waals surface area contributed by atoms with E-state index in [1.807, 2.05) is 48.6 Å². The predicted octanol–water partition coefficient (Wildman–Crippen LogP) is 5.98. The summed E-state index contributed by atoms with van der Waals surface area (Å²) in [5.41, 5.74) is 3.02. The minimum absolute atomic E-state index is 0.0556. The number of hydrogen-bond acceptors (Lipinski definition) is 5. The van der Waals surface area contributed by atoms with Gasteiger partial charge in [0.15, 0.2) is 11.5 Å². The van der Waals surface area contributed by atoms with Crippen molar-refractivity contribution in [3.63, 3.8) is 0 Å². The van der Waals surface area contributed by atoms with Crippen LogP contribution in [0.3, 0.4) is 0 Å². The molecule has 3 aromatic carbocycles. The molecule has 0 unspecified atom stereocenters. The fraction of sp³-hybridized carbons (Fsp3) is 0.259. The van der Waals surface area contributed by atoms with Crippen LogP contribution in [0.4, 0.5) is 5.69 Å². The Labute approximate surface area is 202 Å². The molecule has 0 saturated heterocycles. The molecular weight excluding hydrogens is 450 g/mol. The number of rotatable bonds is 8. The number of benzene rings is 3. The van der Waals surface area contributed by atoms with Gasteiger partial charge in [-0.3, -0.25) is 4.72 Å². The lowest BCUT2D eigenvalue weighted by Crippen LogP contribution is -2.15. The summed E-state index contributed by atoms with van der Waals surface area (Å²) < 4.78 is 45.0. The molecule has 0 aliphatic heterocycles. The van der Waals surface area contributed by atoms with Gasteiger partial charge in [-0.2, -0.15) is 0 Å². The molecule has 7 heteroatoms. The highest BCUT2D eigenvalue weighted by molar-refractivity contribution is 7.92. The van der Waals surface area contributed by atoms with Gasteiger partial charge in [-0.1, -0.05) is 63.3 Å². The number of sulfonamides is 1. The van der Waals surface area contributed by atoms with Crippen LogP contribution in [0.1, 0.15) is 37.5 Å². The van der Waals surface area contributed by atoms with E-state index >= 15 is 0 Å². The molecule has 0 spiro atoms. The first kappa shape index (κ1) is 25.2. The zero-order valence-electron chi connectivity index (χ0n) is 20.4. The molecule has 0 aliphatic rings. The Morgan fingerprint density at radius 2 is 1.38 bits per heavy atom. The summed E-state index contributed by atoms with van der Waals surface area (Å²) in [5.74, 6) is 1.58. The first-order chi connectivity index (χ1) is 16.1. The molecule has 0 fully saturated rings. The lowest BCUT2D eigenvalue weighted by atomic mass is 9.87. The molecule has 0 aromatic heterocycles. The fourth-order valence-electron chi connectivity index (χ4n) is 3.46. The summed E-state index contributed by atoms with van der Waals surface area (Å²) in [5, 5.41) is 0. The molecule has 0 radical (unpaired) electrons. The van der Waals surface area contributed by atoms with Gasteiger partial charge in [0.25, 0.3) is 10.0 Å². The van der Waals surface area contributed by atoms with Crippen molar-refractivity contribution in [2.75, 3.05) is 26.1 Å². The third-order valence-corrected chi connectivity index (χ3v) is 6.76. The summed E-state index contributed by atoms with van der Waals surface area (Å²) in [6.07, 6.45) is 3.69. The Balaban J connectivity index is 1.90. The maximum absolute atomic E-state index is 13.0. The highest BCUT2D eigenvalue weighted by Gasteiger charge is 2.18. The van der Waals surface area contributed by atoms with Gasteiger partial charge in [-0.25, -0.2) is 8.42 Å². The zero-order chi connectivity index (χ0) is 24.9. The monoisotopic (exact) mass is 481 g/mol. The van der Waals surface area contributed by atoms with Crippen molar-refractivity contribution >= 4 is 27.9 Å². The van der Waals surface area contributed by atoms with E-state index < -0.39 is 10.0 Å². The summed E-state index contributed by atoms with van der Waals surface area (Å²) in [4.78, 5) is 0.212. The number of methoxy groups -OCH3 is 3. The van der Waals surface area contributed by atoms with E-state index in [1.165, 1.54) is 0 Å². The smallest absolute Gasteiger partial charge is 0.261 e. The van der Waals surface area contributed by atoms with Crippen LogP contribution in [0.5, 0.6) is 17.2 Å². The average Bonchev–Trinajstić information content (AvgIpc) is 2.82. The Bertz CT molecular complexity index is 1250. The van der Waals surface area contributed by atoms with E-state index in [0.29, 0.717) is 28.5 Å². The second-order valence-electron chi connectivity index (χ2n) is 8.76. The number of para-hydroxylation sites is 1. The predicted molar refractivity (Wildman–Crippen MR) is 137 cm³/mol. The molecule has 0 atom stereocenters. The molecule has 0 saturated carbocycles. The third-order valence-electron chi connectivity index (χ3n) is 5.38. The first-order valence-electron chi connectivity index (χ1n) is 10.8. The van der Waals surface area contributed by atoms with E-state index in [1.54, 1.807) is 45.6 Å². The first-order valence-corrected chi connectivity index (χ1v) is 12.3. The van der Waals surface area contributed by atoms with Gasteiger partial charge in [0, 0.05) is 0 Å². The van der Waals surface area contributed by atoms with Crippen molar-refractivity contribution in [2.24, 2.45) is 0 Å². The molecule has 0 bridgehead atoms. The van der Waals surface area contributed by atoms with E-state index in [2.05, 4.69) is 25.5 Å². The average molecular weight is 482 g/mol. The van der Waals surface area contributed by atoms with Crippen molar-refractivity contribution in [3.05, 3.63) is 77.4 Å². The van der Waals surface area contributed by atoms with Crippen LogP contribution in [-0.2, 0) is 15.4 Å². The third kappa shape index (κ3) is 5.72. The quantitative estimate of drug-likeness (QED) is 0.401. The van der Waals surface area contributed by atoms with Crippen LogP contribution in [0, 0.1) is 0 Å². The standard InChI is InChI=1S/C27H31NO5S/c1-27(2,3)21-13-15-22(16-14-21)34(29,30)28-23-10-8-7-9-20(23)12-11-19-17-24(31-4)26(33-6)25(18-19)32-5/h7-18,28H,1-6H3. The second kappa shape index (κ2) is 10.2. The van der Waals surface area contributed by atoms with Crippen molar-refractivity contribution in [2.45, 2.75) is 31.1 Å². The Kier molecular flexibility index (Phi) is 7.57. The zero-order valence-corrected chi connectivity index (χ0v) is 21.2. The SMILES string of the molecule is COc1cc(C=Cc2ccccc2NS(=O)(=O)c2ccc(C(C)(C)C)cc2)cc(OC)c1OC. The highest BCUT2D eigenvalue weighted by Crippen LogP contribution is 2.38. The minimum atomic E-state index is -3.75. The van der Waals surface area contributed by atoms with Gasteiger partial charge in [-0.05, 0) is 52.4 Å². The summed E-state index contributed by atoms with van der Waals surface area (Å²) >= 11 is 0. The van der Waals surface area contributed by atoms with E-state index in [9.17, 15) is 8.42 Å². The van der Waals surface area contributed by atoms with Gasteiger partial charge in [0.1, 0.15) is 0 Å². The molecule has 3 aromatic rings. The topological polar surface area (TPSA) is 73.9 Å². The maximum atomic E-state index is 13.0. The molecule has 180 valence electrons. The van der Waals surface area contributed by atoms with Crippen molar-refractivity contribution in [1.82, 2.24) is 0 Å². The lowest BCUT2D eigenvalue weighted by Gasteiger charge is -2.19. The van der Waals surface area contributed by atoms with Gasteiger partial charge < -0.3 is 14.2 Å². The van der Waals surface area contributed by atoms with E-state index in [-0.39, 0.29) is 10.3 Å². The largest absolute Gasteiger partial charge is 0.493 e. The van der Waals surface area contributed by atoms with Crippen LogP contribution in [0.2, 0.25) is 0 Å². The molecule has 0 amide bonds. The lowest BCUT2D eigenvalue weighted by molar-refractivity contribution is 0.324. The van der Waals surface area contributed by atoms with Crippen LogP contribution in [0.15, 0.2) is 65.6 Å². The van der Waals surface area contributed by atoms with Crippen LogP contribution in [0.25, 0.3) is 12.2 Å². The number of anilines is 1. The highest BCUT2D eigenvalue weighted by atomic mass is 32.2. The van der Waals surface area contributed by atoms with E-state index in [4.69, 9.17) is 14.2 Å². The second-order valence-corrected chi connectivity index (χ2v) is 10.4. The minimum Gasteiger partial charge on any atom is -0.493 e. The summed E-state index contributed by atoms with van der Waals surface area (Å²) in [6.45, 7) is 6.27. The normalized spacial score (nSPS) is 11.9. The molecule has 3 rings (SSSR count). The maximum Gasteiger partial charge on any atom is 0.261 e. The molecule has 0 aliphatic carbocycles. The molecule has 0 heterocycles. The summed E-state index contributed by atoms with van der Waals surface area (Å²) in [6, 6.07) is 17.8. The number of hydrogen-bond donors (Lipinski definition) is 1. The molecule has 6 nitrogen and oxygen atoms in total. The summed E-state index contributed by atoms with van der Waals surface area (Å²) in [7, 11) is 0.916. The van der Waals surface area contributed by atoms with Crippen LogP contribution >= 0.6 is 0 Å². The molecular formula is C27H31NO5S. The van der Waals surface area contributed by atoms with Gasteiger partial charge in [0.2, 0.25) is 5.75 Å². The Morgan fingerprint density at radius 1 is 0.794 bits per heavy atom.